The van der Waals surface area contributed by atoms with Crippen molar-refractivity contribution in [3.05, 3.63) is 83.7 Å². The fraction of sp³-hybridized carbons (Fsp3) is 0.214. The lowest BCUT2D eigenvalue weighted by Gasteiger charge is -2.40. The van der Waals surface area contributed by atoms with Crippen molar-refractivity contribution in [1.29, 1.82) is 5.26 Å². The van der Waals surface area contributed by atoms with Crippen LogP contribution in [0.1, 0.15) is 18.1 Å². The van der Waals surface area contributed by atoms with Crippen LogP contribution in [0.5, 0.6) is 0 Å². The van der Waals surface area contributed by atoms with Crippen LogP contribution in [0.25, 0.3) is 22.0 Å². The number of hydrogen-bond acceptors (Lipinski definition) is 5. The number of nitrogens with zero attached hydrogens (tertiary/aromatic N) is 5. The molecule has 1 aliphatic heterocycles. The molecule has 40 heavy (non-hydrogen) atoms. The van der Waals surface area contributed by atoms with E-state index in [-0.39, 0.29) is 25.0 Å². The van der Waals surface area contributed by atoms with Crippen LogP contribution < -0.4 is 10.2 Å². The molecule has 1 aliphatic rings. The lowest BCUT2D eigenvalue weighted by atomic mass is 10.0. The summed E-state index contributed by atoms with van der Waals surface area (Å²) in [6.45, 7) is 2.77. The van der Waals surface area contributed by atoms with Crippen LogP contribution in [0.3, 0.4) is 0 Å². The third-order valence-electron chi connectivity index (χ3n) is 6.67. The average Bonchev–Trinajstić information content (AvgIpc) is 2.93. The van der Waals surface area contributed by atoms with Gasteiger partial charge in [0.15, 0.2) is 5.82 Å². The molecule has 2 amide bonds. The SMILES string of the molecule is C[C@H]1CN(c2nnc(-c3ccc(C#N)cc3)c3ccccc23)CCN1C(=O)Nc1ccc(F)cc1C(F)(F)F.Cl. The highest BCUT2D eigenvalue weighted by molar-refractivity contribution is 6.00. The van der Waals surface area contributed by atoms with Crippen molar-refractivity contribution in [1.82, 2.24) is 15.1 Å². The molecule has 1 N–H and O–H groups in total. The van der Waals surface area contributed by atoms with E-state index in [4.69, 9.17) is 5.26 Å². The maximum Gasteiger partial charge on any atom is 0.418 e. The number of nitriles is 1. The maximum atomic E-state index is 13.4. The fourth-order valence-electron chi connectivity index (χ4n) is 4.74. The summed E-state index contributed by atoms with van der Waals surface area (Å²) in [6, 6.07) is 17.9. The lowest BCUT2D eigenvalue weighted by Crippen LogP contribution is -2.55. The van der Waals surface area contributed by atoms with Crippen molar-refractivity contribution in [2.24, 2.45) is 0 Å². The molecule has 0 saturated carbocycles. The molecule has 1 aromatic heterocycles. The first-order valence-electron chi connectivity index (χ1n) is 12.1. The van der Waals surface area contributed by atoms with Crippen LogP contribution in [0.4, 0.5) is 33.9 Å². The minimum atomic E-state index is -4.82. The number of urea groups is 1. The highest BCUT2D eigenvalue weighted by Crippen LogP contribution is 2.36. The quantitative estimate of drug-likeness (QED) is 0.285. The average molecular weight is 571 g/mol. The molecular formula is C28H23ClF4N6O. The van der Waals surface area contributed by atoms with Crippen LogP contribution in [-0.4, -0.2) is 46.8 Å². The van der Waals surface area contributed by atoms with Crippen LogP contribution in [0.15, 0.2) is 66.7 Å². The van der Waals surface area contributed by atoms with Gasteiger partial charge in [-0.2, -0.15) is 18.4 Å². The number of halogens is 5. The number of aromatic nitrogens is 2. The number of amides is 2. The third-order valence-corrected chi connectivity index (χ3v) is 6.67. The van der Waals surface area contributed by atoms with E-state index in [1.54, 1.807) is 19.1 Å². The number of nitrogens with one attached hydrogen (secondary N) is 1. The second kappa shape index (κ2) is 11.4. The number of benzene rings is 3. The Kier molecular flexibility index (Phi) is 8.11. The lowest BCUT2D eigenvalue weighted by molar-refractivity contribution is -0.137. The Morgan fingerprint density at radius 3 is 2.38 bits per heavy atom. The summed E-state index contributed by atoms with van der Waals surface area (Å²) in [7, 11) is 0. The van der Waals surface area contributed by atoms with Crippen molar-refractivity contribution < 1.29 is 22.4 Å². The number of hydrogen-bond donors (Lipinski definition) is 1. The molecule has 5 rings (SSSR count). The normalized spacial score (nSPS) is 15.3. The smallest absolute Gasteiger partial charge is 0.351 e. The molecule has 1 fully saturated rings. The Balaban J connectivity index is 0.00000370. The van der Waals surface area contributed by atoms with Gasteiger partial charge in [-0.3, -0.25) is 0 Å². The first-order chi connectivity index (χ1) is 18.7. The van der Waals surface area contributed by atoms with E-state index in [0.717, 1.165) is 28.5 Å². The summed E-state index contributed by atoms with van der Waals surface area (Å²) in [5, 5.41) is 22.1. The standard InChI is InChI=1S/C28H22F4N6O.ClH/c1-17-16-37(12-13-38(17)27(39)34-24-11-10-20(29)14-23(24)28(30,31)32)26-22-5-3-2-4-21(22)25(35-36-26)19-8-6-18(15-33)7-9-19;/h2-11,14,17H,12-13,16H2,1H3,(H,34,39);1H/t17-;/m0./s1. The molecule has 3 aromatic carbocycles. The van der Waals surface area contributed by atoms with E-state index in [9.17, 15) is 22.4 Å². The van der Waals surface area contributed by atoms with E-state index >= 15 is 0 Å². The van der Waals surface area contributed by atoms with Crippen molar-refractivity contribution in [3.8, 4) is 17.3 Å². The summed E-state index contributed by atoms with van der Waals surface area (Å²) in [5.74, 6) is -0.409. The minimum absolute atomic E-state index is 0. The molecule has 4 aromatic rings. The molecule has 0 unspecified atom stereocenters. The number of anilines is 2. The molecule has 206 valence electrons. The Labute approximate surface area is 233 Å². The monoisotopic (exact) mass is 570 g/mol. The van der Waals surface area contributed by atoms with Gasteiger partial charge in [-0.15, -0.1) is 22.6 Å². The van der Waals surface area contributed by atoms with Gasteiger partial charge in [-0.1, -0.05) is 36.4 Å². The van der Waals surface area contributed by atoms with Gasteiger partial charge in [0.2, 0.25) is 0 Å². The van der Waals surface area contributed by atoms with Gasteiger partial charge in [0.25, 0.3) is 0 Å². The summed E-state index contributed by atoms with van der Waals surface area (Å²) >= 11 is 0. The summed E-state index contributed by atoms with van der Waals surface area (Å²) < 4.78 is 53.6. The van der Waals surface area contributed by atoms with Gasteiger partial charge in [-0.25, -0.2) is 9.18 Å². The highest BCUT2D eigenvalue weighted by atomic mass is 35.5. The first-order valence-corrected chi connectivity index (χ1v) is 12.1. The van der Waals surface area contributed by atoms with Crippen molar-refractivity contribution >= 4 is 40.7 Å². The molecule has 1 atom stereocenters. The van der Waals surface area contributed by atoms with E-state index in [1.807, 2.05) is 41.3 Å². The van der Waals surface area contributed by atoms with Crippen LogP contribution in [0, 0.1) is 17.1 Å². The first kappa shape index (κ1) is 28.6. The van der Waals surface area contributed by atoms with E-state index < -0.39 is 29.3 Å². The number of alkyl halides is 3. The van der Waals surface area contributed by atoms with Gasteiger partial charge in [0.1, 0.15) is 11.5 Å². The van der Waals surface area contributed by atoms with Crippen molar-refractivity contribution in [2.75, 3.05) is 29.9 Å². The fourth-order valence-corrected chi connectivity index (χ4v) is 4.74. The zero-order chi connectivity index (χ0) is 27.7. The third kappa shape index (κ3) is 5.62. The second-order valence-electron chi connectivity index (χ2n) is 9.21. The number of fused-ring (bicyclic) bond motifs is 1. The summed E-state index contributed by atoms with van der Waals surface area (Å²) in [6.07, 6.45) is -4.82. The predicted octanol–water partition coefficient (Wildman–Crippen LogP) is 6.49. The molecule has 12 heteroatoms. The Morgan fingerprint density at radius 2 is 1.73 bits per heavy atom. The maximum absolute atomic E-state index is 13.4. The van der Waals surface area contributed by atoms with Gasteiger partial charge in [0.05, 0.1) is 22.9 Å². The van der Waals surface area contributed by atoms with Gasteiger partial charge in [-0.05, 0) is 37.3 Å². The van der Waals surface area contributed by atoms with E-state index in [2.05, 4.69) is 21.6 Å². The second-order valence-corrected chi connectivity index (χ2v) is 9.21. The molecule has 0 radical (unpaired) electrons. The zero-order valence-electron chi connectivity index (χ0n) is 21.1. The molecule has 1 saturated heterocycles. The Morgan fingerprint density at radius 1 is 1.02 bits per heavy atom. The molecule has 0 spiro atoms. The molecule has 0 bridgehead atoms. The Bertz CT molecular complexity index is 1590. The van der Waals surface area contributed by atoms with E-state index in [0.29, 0.717) is 36.2 Å². The topological polar surface area (TPSA) is 85.2 Å². The van der Waals surface area contributed by atoms with Crippen LogP contribution in [0.2, 0.25) is 0 Å². The van der Waals surface area contributed by atoms with Gasteiger partial charge in [0, 0.05) is 42.0 Å². The summed E-state index contributed by atoms with van der Waals surface area (Å²) in [5.41, 5.74) is 0.283. The molecular weight excluding hydrogens is 548 g/mol. The van der Waals surface area contributed by atoms with E-state index in [1.165, 1.54) is 4.90 Å². The van der Waals surface area contributed by atoms with Crippen LogP contribution >= 0.6 is 12.4 Å². The number of carbonyl (C=O) groups is 1. The highest BCUT2D eigenvalue weighted by Gasteiger charge is 2.36. The van der Waals surface area contributed by atoms with Crippen molar-refractivity contribution in [3.63, 3.8) is 0 Å². The molecule has 2 heterocycles. The number of carbonyl (C=O) groups excluding carboxylic acids is 1. The Hall–Kier alpha value is -4.43. The predicted molar refractivity (Wildman–Crippen MR) is 146 cm³/mol. The summed E-state index contributed by atoms with van der Waals surface area (Å²) in [4.78, 5) is 16.4. The minimum Gasteiger partial charge on any atom is -0.351 e. The number of rotatable bonds is 3. The van der Waals surface area contributed by atoms with Crippen molar-refractivity contribution in [2.45, 2.75) is 19.1 Å². The zero-order valence-corrected chi connectivity index (χ0v) is 21.9. The molecule has 7 nitrogen and oxygen atoms in total. The van der Waals surface area contributed by atoms with Gasteiger partial charge < -0.3 is 15.1 Å². The van der Waals surface area contributed by atoms with Gasteiger partial charge >= 0.3 is 12.2 Å². The largest absolute Gasteiger partial charge is 0.418 e. The van der Waals surface area contributed by atoms with Crippen LogP contribution in [-0.2, 0) is 6.18 Å². The number of piperazine rings is 1. The molecule has 0 aliphatic carbocycles.